The minimum atomic E-state index is 0.131. The number of morpholine rings is 1. The number of hydrogen-bond acceptors (Lipinski definition) is 4. The number of piperidine rings is 1. The number of nitrogens with zero attached hydrogens (tertiary/aromatic N) is 4. The van der Waals surface area contributed by atoms with Crippen LogP contribution in [-0.2, 0) is 4.74 Å². The summed E-state index contributed by atoms with van der Waals surface area (Å²) in [5, 5.41) is 0. The molecule has 1 atom stereocenters. The zero-order valence-electron chi connectivity index (χ0n) is 14.4. The Hall–Kier alpha value is -2.34. The van der Waals surface area contributed by atoms with Gasteiger partial charge in [-0.1, -0.05) is 12.1 Å². The van der Waals surface area contributed by atoms with E-state index in [1.54, 1.807) is 6.20 Å². The van der Waals surface area contributed by atoms with Gasteiger partial charge < -0.3 is 19.1 Å². The minimum Gasteiger partial charge on any atom is -0.378 e. The van der Waals surface area contributed by atoms with Gasteiger partial charge in [0.15, 0.2) is 0 Å². The van der Waals surface area contributed by atoms with Gasteiger partial charge in [0.1, 0.15) is 0 Å². The molecule has 2 aliphatic rings. The highest BCUT2D eigenvalue weighted by molar-refractivity contribution is 6.00. The molecule has 1 aromatic carbocycles. The molecule has 0 N–H and O–H groups in total. The van der Waals surface area contributed by atoms with Crippen LogP contribution in [0.4, 0.5) is 5.69 Å². The van der Waals surface area contributed by atoms with Crippen molar-refractivity contribution in [1.82, 2.24) is 14.5 Å². The molecule has 0 spiro atoms. The quantitative estimate of drug-likeness (QED) is 0.859. The van der Waals surface area contributed by atoms with Crippen LogP contribution in [-0.4, -0.2) is 59.8 Å². The first-order chi connectivity index (χ1) is 12.3. The molecule has 0 saturated carbocycles. The first-order valence-corrected chi connectivity index (χ1v) is 9.01. The number of carbonyl (C=O) groups excluding carboxylic acids is 1. The molecule has 0 radical (unpaired) electrons. The summed E-state index contributed by atoms with van der Waals surface area (Å²) in [6, 6.07) is 8.28. The van der Waals surface area contributed by atoms with Crippen LogP contribution in [0.25, 0.3) is 0 Å². The van der Waals surface area contributed by atoms with Crippen molar-refractivity contribution in [3.05, 3.63) is 48.5 Å². The van der Waals surface area contributed by atoms with E-state index in [1.807, 2.05) is 35.6 Å². The lowest BCUT2D eigenvalue weighted by molar-refractivity contribution is 0.0679. The molecule has 6 nitrogen and oxygen atoms in total. The number of aromatic nitrogens is 2. The normalized spacial score (nSPS) is 21.4. The lowest BCUT2D eigenvalue weighted by Gasteiger charge is -2.35. The number of para-hydroxylation sites is 1. The van der Waals surface area contributed by atoms with Crippen LogP contribution in [0.15, 0.2) is 43.0 Å². The van der Waals surface area contributed by atoms with Crippen LogP contribution in [0.3, 0.4) is 0 Å². The number of anilines is 1. The van der Waals surface area contributed by atoms with Gasteiger partial charge >= 0.3 is 0 Å². The Morgan fingerprint density at radius 2 is 2.00 bits per heavy atom. The molecule has 2 aliphatic heterocycles. The molecule has 3 heterocycles. The number of hydrogen-bond donors (Lipinski definition) is 0. The van der Waals surface area contributed by atoms with E-state index in [2.05, 4.69) is 20.5 Å². The third kappa shape index (κ3) is 3.39. The zero-order valence-corrected chi connectivity index (χ0v) is 14.4. The Morgan fingerprint density at radius 1 is 1.16 bits per heavy atom. The average Bonchev–Trinajstić information content (AvgIpc) is 3.23. The third-order valence-corrected chi connectivity index (χ3v) is 5.12. The summed E-state index contributed by atoms with van der Waals surface area (Å²) in [5.74, 6) is 0.131. The summed E-state index contributed by atoms with van der Waals surface area (Å²) < 4.78 is 7.57. The van der Waals surface area contributed by atoms with Crippen molar-refractivity contribution in [2.45, 2.75) is 18.9 Å². The van der Waals surface area contributed by atoms with Gasteiger partial charge in [-0.05, 0) is 25.0 Å². The highest BCUT2D eigenvalue weighted by Crippen LogP contribution is 2.27. The summed E-state index contributed by atoms with van der Waals surface area (Å²) in [6.45, 7) is 4.67. The Bertz CT molecular complexity index is 710. The van der Waals surface area contributed by atoms with E-state index in [4.69, 9.17) is 4.74 Å². The molecule has 0 aliphatic carbocycles. The van der Waals surface area contributed by atoms with Crippen molar-refractivity contribution in [1.29, 1.82) is 0 Å². The summed E-state index contributed by atoms with van der Waals surface area (Å²) in [6.07, 6.45) is 7.74. The highest BCUT2D eigenvalue weighted by atomic mass is 16.5. The molecule has 132 valence electrons. The summed E-state index contributed by atoms with van der Waals surface area (Å²) in [7, 11) is 0. The predicted octanol–water partition coefficient (Wildman–Crippen LogP) is 2.20. The Labute approximate surface area is 148 Å². The Kier molecular flexibility index (Phi) is 4.70. The smallest absolute Gasteiger partial charge is 0.256 e. The van der Waals surface area contributed by atoms with E-state index in [-0.39, 0.29) is 5.91 Å². The average molecular weight is 340 g/mol. The van der Waals surface area contributed by atoms with E-state index in [9.17, 15) is 4.79 Å². The van der Waals surface area contributed by atoms with Crippen LogP contribution in [0.5, 0.6) is 0 Å². The molecule has 25 heavy (non-hydrogen) atoms. The van der Waals surface area contributed by atoms with E-state index in [1.165, 1.54) is 0 Å². The standard InChI is InChI=1S/C19H24N4O2/c24-19(22-8-3-4-16(14-22)23-9-7-20-15-23)17-5-1-2-6-18(17)21-10-12-25-13-11-21/h1-2,5-7,9,15-16H,3-4,8,10-14H2. The van der Waals surface area contributed by atoms with Crippen LogP contribution in [0, 0.1) is 0 Å². The summed E-state index contributed by atoms with van der Waals surface area (Å²) in [4.78, 5) is 21.6. The van der Waals surface area contributed by atoms with Gasteiger partial charge in [-0.2, -0.15) is 0 Å². The second-order valence-electron chi connectivity index (χ2n) is 6.67. The number of carbonyl (C=O) groups is 1. The SMILES string of the molecule is O=C(c1ccccc1N1CCOCC1)N1CCCC(n2ccnc2)C1. The molecule has 1 aromatic heterocycles. The first-order valence-electron chi connectivity index (χ1n) is 9.01. The maximum atomic E-state index is 13.2. The van der Waals surface area contributed by atoms with Crippen molar-refractivity contribution in [3.63, 3.8) is 0 Å². The largest absolute Gasteiger partial charge is 0.378 e. The fraction of sp³-hybridized carbons (Fsp3) is 0.474. The first kappa shape index (κ1) is 16.1. The van der Waals surface area contributed by atoms with Crippen LogP contribution in [0.1, 0.15) is 29.2 Å². The van der Waals surface area contributed by atoms with Gasteiger partial charge in [0.05, 0.1) is 31.1 Å². The molecular formula is C19H24N4O2. The van der Waals surface area contributed by atoms with Crippen molar-refractivity contribution in [2.75, 3.05) is 44.3 Å². The second-order valence-corrected chi connectivity index (χ2v) is 6.67. The van der Waals surface area contributed by atoms with Crippen molar-refractivity contribution in [3.8, 4) is 0 Å². The molecule has 4 rings (SSSR count). The molecular weight excluding hydrogens is 316 g/mol. The molecule has 2 saturated heterocycles. The fourth-order valence-electron chi connectivity index (χ4n) is 3.77. The monoisotopic (exact) mass is 340 g/mol. The summed E-state index contributed by atoms with van der Waals surface area (Å²) in [5.41, 5.74) is 1.83. The van der Waals surface area contributed by atoms with E-state index < -0.39 is 0 Å². The molecule has 1 amide bonds. The molecule has 2 fully saturated rings. The lowest BCUT2D eigenvalue weighted by atomic mass is 10.0. The Morgan fingerprint density at radius 3 is 2.80 bits per heavy atom. The molecule has 6 heteroatoms. The van der Waals surface area contributed by atoms with Gasteiger partial charge in [-0.15, -0.1) is 0 Å². The topological polar surface area (TPSA) is 50.6 Å². The van der Waals surface area contributed by atoms with Gasteiger partial charge in [-0.3, -0.25) is 4.79 Å². The summed E-state index contributed by atoms with van der Waals surface area (Å²) >= 11 is 0. The maximum Gasteiger partial charge on any atom is 0.256 e. The minimum absolute atomic E-state index is 0.131. The maximum absolute atomic E-state index is 13.2. The number of ether oxygens (including phenoxy) is 1. The second kappa shape index (κ2) is 7.27. The molecule has 1 unspecified atom stereocenters. The molecule has 2 aromatic rings. The third-order valence-electron chi connectivity index (χ3n) is 5.12. The van der Waals surface area contributed by atoms with E-state index in [0.29, 0.717) is 6.04 Å². The van der Waals surface area contributed by atoms with Crippen molar-refractivity contribution < 1.29 is 9.53 Å². The fourth-order valence-corrected chi connectivity index (χ4v) is 3.77. The van der Waals surface area contributed by atoms with Crippen LogP contribution >= 0.6 is 0 Å². The van der Waals surface area contributed by atoms with Gasteiger partial charge in [0.2, 0.25) is 0 Å². The number of amides is 1. The predicted molar refractivity (Wildman–Crippen MR) is 95.9 cm³/mol. The number of rotatable bonds is 3. The van der Waals surface area contributed by atoms with Gasteiger partial charge in [0, 0.05) is 44.3 Å². The van der Waals surface area contributed by atoms with E-state index in [0.717, 1.165) is 63.5 Å². The lowest BCUT2D eigenvalue weighted by Crippen LogP contribution is -2.42. The Balaban J connectivity index is 1.54. The number of likely N-dealkylation sites (tertiary alicyclic amines) is 1. The highest BCUT2D eigenvalue weighted by Gasteiger charge is 2.27. The van der Waals surface area contributed by atoms with E-state index >= 15 is 0 Å². The van der Waals surface area contributed by atoms with Gasteiger partial charge in [-0.25, -0.2) is 4.98 Å². The van der Waals surface area contributed by atoms with Gasteiger partial charge in [0.25, 0.3) is 5.91 Å². The van der Waals surface area contributed by atoms with Crippen molar-refractivity contribution >= 4 is 11.6 Å². The van der Waals surface area contributed by atoms with Crippen LogP contribution in [0.2, 0.25) is 0 Å². The zero-order chi connectivity index (χ0) is 17.1. The van der Waals surface area contributed by atoms with Crippen LogP contribution < -0.4 is 4.90 Å². The number of benzene rings is 1. The molecule has 0 bridgehead atoms. The number of imidazole rings is 1. The van der Waals surface area contributed by atoms with Crippen molar-refractivity contribution in [2.24, 2.45) is 0 Å².